The van der Waals surface area contributed by atoms with Gasteiger partial charge in [-0.15, -0.1) is 0 Å². The fraction of sp³-hybridized carbons (Fsp3) is 0.500. The molecule has 1 heterocycles. The largest absolute Gasteiger partial charge is 0.354 e. The zero-order chi connectivity index (χ0) is 19.9. The van der Waals surface area contributed by atoms with Gasteiger partial charge >= 0.3 is 0 Å². The average Bonchev–Trinajstić information content (AvgIpc) is 2.80. The van der Waals surface area contributed by atoms with E-state index in [1.54, 1.807) is 0 Å². The van der Waals surface area contributed by atoms with Crippen LogP contribution in [0.1, 0.15) is 56.9 Å². The Morgan fingerprint density at radius 1 is 0.793 bits per heavy atom. The van der Waals surface area contributed by atoms with E-state index in [4.69, 9.17) is 0 Å². The summed E-state index contributed by atoms with van der Waals surface area (Å²) in [6.07, 6.45) is 10.9. The summed E-state index contributed by atoms with van der Waals surface area (Å²) >= 11 is 0. The van der Waals surface area contributed by atoms with E-state index in [1.165, 1.54) is 75.6 Å². The van der Waals surface area contributed by atoms with Crippen LogP contribution in [0.2, 0.25) is 0 Å². The number of piperidine rings is 1. The lowest BCUT2D eigenvalue weighted by Gasteiger charge is -2.48. The van der Waals surface area contributed by atoms with E-state index in [0.717, 1.165) is 12.1 Å². The monoisotopic (exact) mass is 390 g/mol. The Morgan fingerprint density at radius 3 is 2.10 bits per heavy atom. The predicted molar refractivity (Wildman–Crippen MR) is 120 cm³/mol. The van der Waals surface area contributed by atoms with Crippen molar-refractivity contribution in [1.29, 1.82) is 0 Å². The van der Waals surface area contributed by atoms with Crippen LogP contribution < -0.4 is 5.32 Å². The maximum Gasteiger partial charge on any atom is 0.224 e. The first-order valence-corrected chi connectivity index (χ1v) is 11.4. The average molecular weight is 391 g/mol. The van der Waals surface area contributed by atoms with Crippen molar-refractivity contribution >= 4 is 5.91 Å². The molecule has 29 heavy (non-hydrogen) atoms. The van der Waals surface area contributed by atoms with Crippen LogP contribution in [0.5, 0.6) is 0 Å². The summed E-state index contributed by atoms with van der Waals surface area (Å²) in [4.78, 5) is 15.4. The van der Waals surface area contributed by atoms with Gasteiger partial charge in [0.15, 0.2) is 0 Å². The van der Waals surface area contributed by atoms with Crippen LogP contribution in [-0.4, -0.2) is 36.0 Å². The SMILES string of the molecule is O=C(Cc1ccc(-c2ccccc2)cc1)NCC1(N2CCCCC2)CCCCC1. The van der Waals surface area contributed by atoms with Crippen LogP contribution in [-0.2, 0) is 11.2 Å². The van der Waals surface area contributed by atoms with Gasteiger partial charge in [0, 0.05) is 12.1 Å². The second-order valence-corrected chi connectivity index (χ2v) is 8.85. The van der Waals surface area contributed by atoms with E-state index in [2.05, 4.69) is 58.7 Å². The van der Waals surface area contributed by atoms with Crippen molar-refractivity contribution in [2.75, 3.05) is 19.6 Å². The van der Waals surface area contributed by atoms with Crippen LogP contribution in [0.3, 0.4) is 0 Å². The molecule has 2 aliphatic rings. The molecule has 0 atom stereocenters. The summed E-state index contributed by atoms with van der Waals surface area (Å²) in [5.74, 6) is 0.152. The molecule has 0 radical (unpaired) electrons. The highest BCUT2D eigenvalue weighted by atomic mass is 16.1. The number of hydrogen-bond donors (Lipinski definition) is 1. The van der Waals surface area contributed by atoms with E-state index in [0.29, 0.717) is 6.42 Å². The van der Waals surface area contributed by atoms with E-state index in [9.17, 15) is 4.79 Å². The second kappa shape index (κ2) is 9.58. The minimum Gasteiger partial charge on any atom is -0.354 e. The molecule has 2 aromatic rings. The third-order valence-electron chi connectivity index (χ3n) is 6.85. The maximum absolute atomic E-state index is 12.7. The molecule has 3 heteroatoms. The van der Waals surface area contributed by atoms with Crippen LogP contribution in [0.4, 0.5) is 0 Å². The Morgan fingerprint density at radius 2 is 1.41 bits per heavy atom. The molecule has 1 aliphatic heterocycles. The molecule has 1 saturated carbocycles. The van der Waals surface area contributed by atoms with Gasteiger partial charge in [0.2, 0.25) is 5.91 Å². The van der Waals surface area contributed by atoms with Gasteiger partial charge in [-0.1, -0.05) is 80.3 Å². The molecule has 2 aromatic carbocycles. The molecule has 1 saturated heterocycles. The molecule has 1 N–H and O–H groups in total. The van der Waals surface area contributed by atoms with Crippen LogP contribution in [0, 0.1) is 0 Å². The molecule has 1 amide bonds. The Bertz CT molecular complexity index is 772. The van der Waals surface area contributed by atoms with Crippen molar-refractivity contribution in [3.63, 3.8) is 0 Å². The lowest BCUT2D eigenvalue weighted by Crippen LogP contribution is -2.58. The molecule has 1 aliphatic carbocycles. The van der Waals surface area contributed by atoms with Gasteiger partial charge in [0.05, 0.1) is 6.42 Å². The second-order valence-electron chi connectivity index (χ2n) is 8.85. The standard InChI is InChI=1S/C26H34N2O/c29-25(20-22-12-14-24(15-13-22)23-10-4-1-5-11-23)27-21-26(16-6-2-7-17-26)28-18-8-3-9-19-28/h1,4-5,10-15H,2-3,6-9,16-21H2,(H,27,29). The molecule has 154 valence electrons. The molecule has 3 nitrogen and oxygen atoms in total. The smallest absolute Gasteiger partial charge is 0.224 e. The molecule has 0 unspecified atom stereocenters. The van der Waals surface area contributed by atoms with E-state index < -0.39 is 0 Å². The molecule has 0 aromatic heterocycles. The lowest BCUT2D eigenvalue weighted by atomic mass is 9.79. The van der Waals surface area contributed by atoms with E-state index in [1.807, 2.05) is 6.07 Å². The summed E-state index contributed by atoms with van der Waals surface area (Å²) in [6.45, 7) is 3.22. The quantitative estimate of drug-likeness (QED) is 0.735. The highest BCUT2D eigenvalue weighted by Gasteiger charge is 2.38. The first kappa shape index (κ1) is 20.2. The van der Waals surface area contributed by atoms with E-state index in [-0.39, 0.29) is 11.4 Å². The number of hydrogen-bond acceptors (Lipinski definition) is 2. The van der Waals surface area contributed by atoms with Crippen LogP contribution in [0.15, 0.2) is 54.6 Å². The highest BCUT2D eigenvalue weighted by molar-refractivity contribution is 5.79. The molecule has 0 spiro atoms. The summed E-state index contributed by atoms with van der Waals surface area (Å²) in [7, 11) is 0. The van der Waals surface area contributed by atoms with Crippen molar-refractivity contribution in [3.05, 3.63) is 60.2 Å². The Balaban J connectivity index is 1.35. The van der Waals surface area contributed by atoms with Gasteiger partial charge < -0.3 is 5.32 Å². The van der Waals surface area contributed by atoms with Crippen LogP contribution >= 0.6 is 0 Å². The first-order valence-electron chi connectivity index (χ1n) is 11.4. The zero-order valence-corrected chi connectivity index (χ0v) is 17.5. The number of rotatable bonds is 6. The predicted octanol–water partition coefficient (Wildman–Crippen LogP) is 5.20. The minimum atomic E-state index is 0.152. The number of benzene rings is 2. The van der Waals surface area contributed by atoms with Crippen molar-refractivity contribution in [1.82, 2.24) is 10.2 Å². The fourth-order valence-corrected chi connectivity index (χ4v) is 5.14. The number of nitrogens with one attached hydrogen (secondary N) is 1. The number of likely N-dealkylation sites (tertiary alicyclic amines) is 1. The van der Waals surface area contributed by atoms with Gasteiger partial charge in [-0.3, -0.25) is 9.69 Å². The summed E-state index contributed by atoms with van der Waals surface area (Å²) in [5, 5.41) is 3.30. The Hall–Kier alpha value is -2.13. The van der Waals surface area contributed by atoms with Gasteiger partial charge in [-0.2, -0.15) is 0 Å². The van der Waals surface area contributed by atoms with Gasteiger partial charge in [0.25, 0.3) is 0 Å². The van der Waals surface area contributed by atoms with Gasteiger partial charge in [0.1, 0.15) is 0 Å². The van der Waals surface area contributed by atoms with E-state index >= 15 is 0 Å². The number of carbonyl (C=O) groups excluding carboxylic acids is 1. The third kappa shape index (κ3) is 5.08. The van der Waals surface area contributed by atoms with Gasteiger partial charge in [-0.05, 0) is 55.5 Å². The van der Waals surface area contributed by atoms with Gasteiger partial charge in [-0.25, -0.2) is 0 Å². The minimum absolute atomic E-state index is 0.152. The number of amides is 1. The third-order valence-corrected chi connectivity index (χ3v) is 6.85. The zero-order valence-electron chi connectivity index (χ0n) is 17.5. The Labute approximate surface area is 175 Å². The van der Waals surface area contributed by atoms with Crippen LogP contribution in [0.25, 0.3) is 11.1 Å². The number of nitrogens with zero attached hydrogens (tertiary/aromatic N) is 1. The summed E-state index contributed by atoms with van der Waals surface area (Å²) in [6, 6.07) is 18.8. The molecule has 4 rings (SSSR count). The van der Waals surface area contributed by atoms with Crippen molar-refractivity contribution in [2.24, 2.45) is 0 Å². The van der Waals surface area contributed by atoms with Crippen molar-refractivity contribution in [3.8, 4) is 11.1 Å². The lowest BCUT2D eigenvalue weighted by molar-refractivity contribution is -0.121. The topological polar surface area (TPSA) is 32.3 Å². The fourth-order valence-electron chi connectivity index (χ4n) is 5.14. The Kier molecular flexibility index (Phi) is 6.66. The summed E-state index contributed by atoms with van der Waals surface area (Å²) < 4.78 is 0. The molecule has 2 fully saturated rings. The number of carbonyl (C=O) groups is 1. The first-order chi connectivity index (χ1) is 14.3. The molecular formula is C26H34N2O. The van der Waals surface area contributed by atoms with Crippen molar-refractivity contribution in [2.45, 2.75) is 63.3 Å². The normalized spacial score (nSPS) is 19.6. The summed E-state index contributed by atoms with van der Waals surface area (Å²) in [5.41, 5.74) is 3.69. The highest BCUT2D eigenvalue weighted by Crippen LogP contribution is 2.35. The molecule has 0 bridgehead atoms. The van der Waals surface area contributed by atoms with Crippen molar-refractivity contribution < 1.29 is 4.79 Å². The molecular weight excluding hydrogens is 356 g/mol. The maximum atomic E-state index is 12.7.